The molecule has 2 aliphatic heterocycles. The standard InChI is InChI=1S/C35H53N7O6.C28H43N5O5/c1-19(2)24(17-37-32(47)38-21-14-9-8-10-15-21)40-33(48)41-28(34(3,4)5)31(46)42-18-22-25(35(22,6)7)26(42)30(45)39-23(27(43)29(36)44)16-20-12-11-13-20;1-16(2)19(14-29-25(36)30-17-12-10-9-11-13-17)31-26(37)32-22(27(3,4)5)23(34)33-15-18-20(28(18,6)7)21(33)24(35)38-8/h8-10,14-15,19-20,22-26,28H,11-13,16-18H2,1-7H3,(H2,36,44)(H,39,45)(H2,37,38,47)(H2,40,41,48);9-13,16,18-22H,14-15H2,1-8H3,(H2,29,30,36)(H2,31,32,37)/t22-,23?,24?,25-,26-,28+;18-,19?,20-,21-,22+/m00/s1. The molecule has 474 valence electrons. The second kappa shape index (κ2) is 27.5. The van der Waals surface area contributed by atoms with Crippen LogP contribution in [-0.2, 0) is 33.5 Å². The highest BCUT2D eigenvalue weighted by molar-refractivity contribution is 6.37. The lowest BCUT2D eigenvalue weighted by molar-refractivity contribution is -0.154. The number of piperidine rings is 2. The molecule has 23 heteroatoms. The number of para-hydroxylation sites is 2. The van der Waals surface area contributed by atoms with Crippen LogP contribution in [0.3, 0.4) is 0 Å². The van der Waals surface area contributed by atoms with E-state index in [0.29, 0.717) is 30.9 Å². The molecule has 3 aliphatic carbocycles. The van der Waals surface area contributed by atoms with Crippen molar-refractivity contribution in [2.75, 3.05) is 43.9 Å². The Labute approximate surface area is 507 Å². The van der Waals surface area contributed by atoms with E-state index in [1.54, 1.807) is 29.2 Å². The van der Waals surface area contributed by atoms with Crippen molar-refractivity contribution in [1.29, 1.82) is 0 Å². The first kappa shape index (κ1) is 67.7. The van der Waals surface area contributed by atoms with E-state index in [9.17, 15) is 47.9 Å². The van der Waals surface area contributed by atoms with Gasteiger partial charge < -0.3 is 68.1 Å². The number of anilines is 2. The lowest BCUT2D eigenvalue weighted by Crippen LogP contribution is -2.62. The molecule has 0 spiro atoms. The molecule has 5 fully saturated rings. The van der Waals surface area contributed by atoms with Gasteiger partial charge in [-0.3, -0.25) is 24.0 Å². The van der Waals surface area contributed by atoms with E-state index in [1.165, 1.54) is 12.0 Å². The van der Waals surface area contributed by atoms with Crippen LogP contribution in [0.15, 0.2) is 60.7 Å². The zero-order valence-corrected chi connectivity index (χ0v) is 53.0. The molecule has 12 amide bonds. The Hall–Kier alpha value is -7.46. The first-order valence-electron chi connectivity index (χ1n) is 30.3. The zero-order valence-electron chi connectivity index (χ0n) is 53.0. The number of hydrogen-bond acceptors (Lipinski definition) is 11. The van der Waals surface area contributed by atoms with Crippen molar-refractivity contribution < 1.29 is 52.7 Å². The molecule has 11 N–H and O–H groups in total. The number of carbonyl (C=O) groups is 10. The minimum Gasteiger partial charge on any atom is -0.467 e. The number of esters is 1. The van der Waals surface area contributed by atoms with Crippen LogP contribution in [-0.4, -0.2) is 145 Å². The van der Waals surface area contributed by atoms with Crippen molar-refractivity contribution in [2.45, 2.75) is 165 Å². The fraction of sp³-hybridized carbons (Fsp3) is 0.651. The van der Waals surface area contributed by atoms with Gasteiger partial charge in [-0.25, -0.2) is 24.0 Å². The lowest BCUT2D eigenvalue weighted by atomic mass is 9.80. The summed E-state index contributed by atoms with van der Waals surface area (Å²) in [5.41, 5.74) is 5.07. The predicted octanol–water partition coefficient (Wildman–Crippen LogP) is 5.96. The quantitative estimate of drug-likeness (QED) is 0.0513. The molecule has 0 radical (unpaired) electrons. The summed E-state index contributed by atoms with van der Waals surface area (Å²) in [7, 11) is 1.33. The normalized spacial score (nSPS) is 23.1. The molecule has 2 aromatic rings. The maximum absolute atomic E-state index is 14.3. The largest absolute Gasteiger partial charge is 0.467 e. The number of ketones is 1. The molecule has 11 atom stereocenters. The summed E-state index contributed by atoms with van der Waals surface area (Å²) in [6, 6.07) is 10.9. The molecule has 5 aliphatic rings. The number of nitrogens with two attached hydrogens (primary N) is 1. The van der Waals surface area contributed by atoms with E-state index < -0.39 is 94.6 Å². The highest BCUT2D eigenvalue weighted by Gasteiger charge is 2.71. The number of urea groups is 4. The summed E-state index contributed by atoms with van der Waals surface area (Å²) in [6.07, 6.45) is 3.20. The Morgan fingerprint density at radius 3 is 1.33 bits per heavy atom. The van der Waals surface area contributed by atoms with E-state index >= 15 is 0 Å². The number of nitrogens with zero attached hydrogens (tertiary/aromatic N) is 2. The lowest BCUT2D eigenvalue weighted by Gasteiger charge is -2.38. The molecular weight excluding hydrogens is 1100 g/mol. The van der Waals surface area contributed by atoms with Crippen molar-refractivity contribution in [2.24, 2.45) is 68.8 Å². The van der Waals surface area contributed by atoms with E-state index in [4.69, 9.17) is 10.5 Å². The number of rotatable bonds is 21. The van der Waals surface area contributed by atoms with Crippen LogP contribution >= 0.6 is 0 Å². The number of ether oxygens (including phenoxy) is 1. The molecule has 3 unspecified atom stereocenters. The van der Waals surface area contributed by atoms with Gasteiger partial charge in [0.15, 0.2) is 0 Å². The molecule has 0 bridgehead atoms. The van der Waals surface area contributed by atoms with Crippen molar-refractivity contribution >= 4 is 70.9 Å². The fourth-order valence-electron chi connectivity index (χ4n) is 12.5. The minimum absolute atomic E-state index is 0.0122. The molecule has 7 rings (SSSR count). The number of methoxy groups -OCH3 is 1. The number of fused-ring (bicyclic) bond motifs is 2. The minimum atomic E-state index is -1.10. The average Bonchev–Trinajstić information content (AvgIpc) is 1.54. The van der Waals surface area contributed by atoms with Gasteiger partial charge in [0, 0.05) is 43.5 Å². The van der Waals surface area contributed by atoms with Gasteiger partial charge in [0.2, 0.25) is 23.5 Å². The Morgan fingerprint density at radius 1 is 0.581 bits per heavy atom. The van der Waals surface area contributed by atoms with Gasteiger partial charge in [-0.05, 0) is 87.9 Å². The third kappa shape index (κ3) is 16.5. The summed E-state index contributed by atoms with van der Waals surface area (Å²) in [6.45, 7) is 28.3. The second-order valence-corrected chi connectivity index (χ2v) is 28.1. The summed E-state index contributed by atoms with van der Waals surface area (Å²) in [5, 5.41) is 25.4. The first-order chi connectivity index (χ1) is 40.1. The number of amides is 12. The highest BCUT2D eigenvalue weighted by atomic mass is 16.5. The van der Waals surface area contributed by atoms with Crippen molar-refractivity contribution in [3.8, 4) is 0 Å². The van der Waals surface area contributed by atoms with Crippen LogP contribution in [0, 0.1) is 63.1 Å². The molecule has 2 heterocycles. The van der Waals surface area contributed by atoms with Crippen molar-refractivity contribution in [3.63, 3.8) is 0 Å². The fourth-order valence-corrected chi connectivity index (χ4v) is 12.5. The third-order valence-corrected chi connectivity index (χ3v) is 18.4. The van der Waals surface area contributed by atoms with Gasteiger partial charge >= 0.3 is 30.1 Å². The van der Waals surface area contributed by atoms with Crippen LogP contribution in [0.5, 0.6) is 0 Å². The number of primary amides is 1. The molecule has 3 saturated carbocycles. The van der Waals surface area contributed by atoms with Gasteiger partial charge in [0.1, 0.15) is 24.2 Å². The SMILES string of the molecule is CC(C)C(CNC(=O)Nc1ccccc1)NC(=O)N[C@H](C(=O)N1C[C@H]2[C@@H]([C@H]1C(=O)NC(CC1CCC1)C(=O)C(N)=O)C2(C)C)C(C)(C)C.COC(=O)[C@@H]1[C@@H]2[C@H](CN1C(=O)[C@@H](NC(=O)NC(CNC(=O)Nc1ccccc1)C(C)C)C(C)(C)C)C2(C)C. The van der Waals surface area contributed by atoms with E-state index in [-0.39, 0.29) is 83.3 Å². The molecular formula is C63H96N12O11. The first-order valence-corrected chi connectivity index (χ1v) is 30.3. The third-order valence-electron chi connectivity index (χ3n) is 18.4. The summed E-state index contributed by atoms with van der Waals surface area (Å²) < 4.78 is 5.04. The topological polar surface area (TPSA) is 321 Å². The van der Waals surface area contributed by atoms with Crippen LogP contribution in [0.2, 0.25) is 0 Å². The number of benzene rings is 2. The monoisotopic (exact) mass is 1200 g/mol. The Kier molecular flexibility index (Phi) is 21.6. The molecule has 2 saturated heterocycles. The van der Waals surface area contributed by atoms with Gasteiger partial charge in [-0.1, -0.05) is 153 Å². The smallest absolute Gasteiger partial charge is 0.328 e. The van der Waals surface area contributed by atoms with E-state index in [0.717, 1.165) is 19.3 Å². The molecule has 23 nitrogen and oxygen atoms in total. The van der Waals surface area contributed by atoms with Crippen LogP contribution in [0.25, 0.3) is 0 Å². The number of nitrogens with one attached hydrogen (secondary N) is 9. The summed E-state index contributed by atoms with van der Waals surface area (Å²) >= 11 is 0. The molecule has 0 aromatic heterocycles. The zero-order chi connectivity index (χ0) is 64.0. The van der Waals surface area contributed by atoms with Gasteiger partial charge in [-0.15, -0.1) is 0 Å². The highest BCUT2D eigenvalue weighted by Crippen LogP contribution is 2.66. The number of Topliss-reactive ketones (excluding diaryl/α,β-unsaturated/α-hetero) is 1. The molecule has 86 heavy (non-hydrogen) atoms. The van der Waals surface area contributed by atoms with Gasteiger partial charge in [0.05, 0.1) is 25.2 Å². The Bertz CT molecular complexity index is 2790. The van der Waals surface area contributed by atoms with Crippen LogP contribution in [0.1, 0.15) is 123 Å². The maximum Gasteiger partial charge on any atom is 0.328 e. The predicted molar refractivity (Wildman–Crippen MR) is 327 cm³/mol. The average molecular weight is 1200 g/mol. The second-order valence-electron chi connectivity index (χ2n) is 28.1. The Morgan fingerprint density at radius 2 is 0.977 bits per heavy atom. The van der Waals surface area contributed by atoms with Crippen molar-refractivity contribution in [1.82, 2.24) is 47.0 Å². The maximum atomic E-state index is 14.3. The van der Waals surface area contributed by atoms with Gasteiger partial charge in [-0.2, -0.15) is 0 Å². The van der Waals surface area contributed by atoms with Crippen LogP contribution < -0.4 is 53.6 Å². The summed E-state index contributed by atoms with van der Waals surface area (Å²) in [4.78, 5) is 134. The van der Waals surface area contributed by atoms with E-state index in [1.807, 2.05) is 106 Å². The van der Waals surface area contributed by atoms with E-state index in [2.05, 4.69) is 75.5 Å². The number of hydrogen-bond donors (Lipinski definition) is 10. The van der Waals surface area contributed by atoms with Crippen molar-refractivity contribution in [3.05, 3.63) is 60.7 Å². The number of carbonyl (C=O) groups excluding carboxylic acids is 10. The molecule has 2 aromatic carbocycles. The number of likely N-dealkylation sites (tertiary alicyclic amines) is 2. The Balaban J connectivity index is 0.000000283. The summed E-state index contributed by atoms with van der Waals surface area (Å²) in [5.74, 6) is -3.15. The van der Waals surface area contributed by atoms with Gasteiger partial charge in [0.25, 0.3) is 5.91 Å². The van der Waals surface area contributed by atoms with Crippen LogP contribution in [0.4, 0.5) is 30.6 Å².